The lowest BCUT2D eigenvalue weighted by molar-refractivity contribution is -0.121. The summed E-state index contributed by atoms with van der Waals surface area (Å²) in [6.07, 6.45) is 0.894. The lowest BCUT2D eigenvalue weighted by atomic mass is 10.1. The van der Waals surface area contributed by atoms with Crippen molar-refractivity contribution < 1.29 is 13.2 Å². The van der Waals surface area contributed by atoms with Crippen LogP contribution in [0.3, 0.4) is 0 Å². The van der Waals surface area contributed by atoms with Crippen molar-refractivity contribution >= 4 is 34.2 Å². The summed E-state index contributed by atoms with van der Waals surface area (Å²) < 4.78 is 26.5. The Labute approximate surface area is 176 Å². The Morgan fingerprint density at radius 2 is 1.90 bits per heavy atom. The van der Waals surface area contributed by atoms with Crippen molar-refractivity contribution in [3.05, 3.63) is 64.7 Å². The second-order valence-electron chi connectivity index (χ2n) is 6.92. The standard InChI is InChI=1S/C20H22N4O3S.ClH/c25-19(23-11-14-7-8-15-12-21-13-16(15)10-14)6-3-9-22-20-17-4-1-2-5-18(17)28(26,27)24-20;/h1-2,4-5,7-8,10,21H,3,6,9,11-13H2,(H,22,24)(H,23,25);1H. The van der Waals surface area contributed by atoms with Crippen molar-refractivity contribution in [1.82, 2.24) is 15.4 Å². The number of aliphatic imine (C=N–C) groups is 1. The number of carbonyl (C=O) groups is 1. The van der Waals surface area contributed by atoms with Crippen LogP contribution in [-0.4, -0.2) is 26.7 Å². The van der Waals surface area contributed by atoms with E-state index in [1.165, 1.54) is 11.1 Å². The van der Waals surface area contributed by atoms with Crippen molar-refractivity contribution in [2.75, 3.05) is 6.54 Å². The lowest BCUT2D eigenvalue weighted by Gasteiger charge is -2.07. The van der Waals surface area contributed by atoms with Crippen LogP contribution in [-0.2, 0) is 34.5 Å². The van der Waals surface area contributed by atoms with Gasteiger partial charge in [0, 0.05) is 38.2 Å². The second kappa shape index (κ2) is 8.94. The highest BCUT2D eigenvalue weighted by Crippen LogP contribution is 2.22. The second-order valence-corrected chi connectivity index (χ2v) is 8.57. The van der Waals surface area contributed by atoms with Crippen molar-refractivity contribution in [1.29, 1.82) is 0 Å². The Balaban J connectivity index is 0.00000240. The van der Waals surface area contributed by atoms with E-state index in [0.29, 0.717) is 37.3 Å². The van der Waals surface area contributed by atoms with Gasteiger partial charge in [-0.1, -0.05) is 30.3 Å². The molecule has 0 bridgehead atoms. The first kappa shape index (κ1) is 21.3. The third-order valence-corrected chi connectivity index (χ3v) is 6.28. The van der Waals surface area contributed by atoms with Gasteiger partial charge < -0.3 is 10.6 Å². The van der Waals surface area contributed by atoms with E-state index in [1.54, 1.807) is 24.3 Å². The summed E-state index contributed by atoms with van der Waals surface area (Å²) in [5, 5.41) is 6.23. The number of amidine groups is 1. The number of sulfonamides is 1. The van der Waals surface area contributed by atoms with Crippen molar-refractivity contribution in [3.8, 4) is 0 Å². The molecule has 0 aliphatic carbocycles. The smallest absolute Gasteiger partial charge is 0.263 e. The van der Waals surface area contributed by atoms with Crippen LogP contribution < -0.4 is 15.4 Å². The minimum Gasteiger partial charge on any atom is -0.352 e. The molecule has 0 fully saturated rings. The van der Waals surface area contributed by atoms with Gasteiger partial charge in [0.15, 0.2) is 0 Å². The largest absolute Gasteiger partial charge is 0.352 e. The maximum Gasteiger partial charge on any atom is 0.263 e. The summed E-state index contributed by atoms with van der Waals surface area (Å²) in [5.74, 6) is 0.314. The van der Waals surface area contributed by atoms with Crippen molar-refractivity contribution in [3.63, 3.8) is 0 Å². The quantitative estimate of drug-likeness (QED) is 0.604. The van der Waals surface area contributed by atoms with Gasteiger partial charge in [-0.2, -0.15) is 0 Å². The Hall–Kier alpha value is -2.42. The maximum absolute atomic E-state index is 12.1. The Kier molecular flexibility index (Phi) is 6.56. The van der Waals surface area contributed by atoms with Crippen molar-refractivity contribution in [2.24, 2.45) is 4.99 Å². The van der Waals surface area contributed by atoms with Gasteiger partial charge in [0.05, 0.1) is 4.90 Å². The highest BCUT2D eigenvalue weighted by Gasteiger charge is 2.29. The number of halogens is 1. The molecule has 0 spiro atoms. The first-order chi connectivity index (χ1) is 13.5. The Morgan fingerprint density at radius 3 is 2.76 bits per heavy atom. The highest BCUT2D eigenvalue weighted by molar-refractivity contribution is 7.90. The molecule has 0 saturated carbocycles. The van der Waals surface area contributed by atoms with Crippen LogP contribution in [0.4, 0.5) is 0 Å². The van der Waals surface area contributed by atoms with Gasteiger partial charge >= 0.3 is 0 Å². The minimum absolute atomic E-state index is 0. The van der Waals surface area contributed by atoms with Crippen LogP contribution in [0.15, 0.2) is 52.4 Å². The SMILES string of the molecule is Cl.O=C(CCCN=C1NS(=O)(=O)c2ccccc21)NCc1ccc2c(c1)CNC2. The monoisotopic (exact) mass is 434 g/mol. The molecule has 3 N–H and O–H groups in total. The van der Waals surface area contributed by atoms with Crippen LogP contribution in [0.25, 0.3) is 0 Å². The number of hydrogen-bond donors (Lipinski definition) is 3. The fourth-order valence-electron chi connectivity index (χ4n) is 3.43. The molecule has 9 heteroatoms. The van der Waals surface area contributed by atoms with Crippen LogP contribution >= 0.6 is 12.4 Å². The number of amides is 1. The molecule has 0 atom stereocenters. The number of hydrogen-bond acceptors (Lipinski definition) is 5. The zero-order valence-electron chi connectivity index (χ0n) is 15.8. The Bertz CT molecular complexity index is 1050. The summed E-state index contributed by atoms with van der Waals surface area (Å²) in [7, 11) is -3.52. The van der Waals surface area contributed by atoms with E-state index in [4.69, 9.17) is 0 Å². The van der Waals surface area contributed by atoms with Gasteiger partial charge in [-0.15, -0.1) is 12.4 Å². The van der Waals surface area contributed by atoms with E-state index in [0.717, 1.165) is 18.7 Å². The molecule has 1 amide bonds. The molecule has 0 aromatic heterocycles. The number of rotatable bonds is 6. The molecular formula is C20H23ClN4O3S. The molecule has 2 heterocycles. The van der Waals surface area contributed by atoms with Gasteiger partial charge in [0.25, 0.3) is 10.0 Å². The molecular weight excluding hydrogens is 412 g/mol. The van der Waals surface area contributed by atoms with Gasteiger partial charge in [-0.25, -0.2) is 8.42 Å². The van der Waals surface area contributed by atoms with Crippen LogP contribution in [0.5, 0.6) is 0 Å². The fourth-order valence-corrected chi connectivity index (χ4v) is 4.68. The van der Waals surface area contributed by atoms with Crippen LogP contribution in [0.1, 0.15) is 35.1 Å². The Morgan fingerprint density at radius 1 is 1.10 bits per heavy atom. The third-order valence-electron chi connectivity index (χ3n) is 4.89. The first-order valence-corrected chi connectivity index (χ1v) is 10.8. The third kappa shape index (κ3) is 4.77. The molecule has 2 aliphatic heterocycles. The summed E-state index contributed by atoms with van der Waals surface area (Å²) in [4.78, 5) is 16.6. The topological polar surface area (TPSA) is 99.7 Å². The molecule has 4 rings (SSSR count). The number of nitrogens with one attached hydrogen (secondary N) is 3. The molecule has 29 heavy (non-hydrogen) atoms. The number of carbonyl (C=O) groups excluding carboxylic acids is 1. The molecule has 2 aliphatic rings. The number of fused-ring (bicyclic) bond motifs is 2. The van der Waals surface area contributed by atoms with E-state index in [2.05, 4.69) is 32.5 Å². The normalized spacial score (nSPS) is 17.2. The predicted octanol–water partition coefficient (Wildman–Crippen LogP) is 1.85. The summed E-state index contributed by atoms with van der Waals surface area (Å²) in [6.45, 7) is 2.67. The fraction of sp³-hybridized carbons (Fsp3) is 0.300. The van der Waals surface area contributed by atoms with Gasteiger partial charge in [-0.3, -0.25) is 14.5 Å². The first-order valence-electron chi connectivity index (χ1n) is 9.28. The molecule has 2 aromatic carbocycles. The number of benzene rings is 2. The van der Waals surface area contributed by atoms with E-state index < -0.39 is 10.0 Å². The molecule has 2 aromatic rings. The van der Waals surface area contributed by atoms with E-state index in [1.807, 2.05) is 6.07 Å². The average molecular weight is 435 g/mol. The zero-order chi connectivity index (χ0) is 19.6. The molecule has 7 nitrogen and oxygen atoms in total. The van der Waals surface area contributed by atoms with Crippen molar-refractivity contribution in [2.45, 2.75) is 37.4 Å². The number of nitrogens with zero attached hydrogens (tertiary/aromatic N) is 1. The van der Waals surface area contributed by atoms with Gasteiger partial charge in [0.1, 0.15) is 5.84 Å². The summed E-state index contributed by atoms with van der Waals surface area (Å²) in [6, 6.07) is 13.0. The predicted molar refractivity (Wildman–Crippen MR) is 113 cm³/mol. The zero-order valence-corrected chi connectivity index (χ0v) is 17.4. The minimum atomic E-state index is -3.52. The van der Waals surface area contributed by atoms with Gasteiger partial charge in [-0.05, 0) is 35.2 Å². The summed E-state index contributed by atoms with van der Waals surface area (Å²) >= 11 is 0. The summed E-state index contributed by atoms with van der Waals surface area (Å²) in [5.41, 5.74) is 4.28. The molecule has 0 saturated heterocycles. The molecule has 0 radical (unpaired) electrons. The molecule has 154 valence electrons. The molecule has 0 unspecified atom stereocenters. The average Bonchev–Trinajstić information content (AvgIpc) is 3.26. The van der Waals surface area contributed by atoms with E-state index in [-0.39, 0.29) is 23.2 Å². The lowest BCUT2D eigenvalue weighted by Crippen LogP contribution is -2.23. The maximum atomic E-state index is 12.1. The van der Waals surface area contributed by atoms with E-state index in [9.17, 15) is 13.2 Å². The van der Waals surface area contributed by atoms with E-state index >= 15 is 0 Å². The highest BCUT2D eigenvalue weighted by atomic mass is 35.5. The van der Waals surface area contributed by atoms with Crippen LogP contribution in [0, 0.1) is 0 Å². The van der Waals surface area contributed by atoms with Crippen LogP contribution in [0.2, 0.25) is 0 Å². The van der Waals surface area contributed by atoms with Gasteiger partial charge in [0.2, 0.25) is 5.91 Å².